The highest BCUT2D eigenvalue weighted by atomic mass is 16.5. The van der Waals surface area contributed by atoms with E-state index in [2.05, 4.69) is 42.1 Å². The fraction of sp³-hybridized carbons (Fsp3) is 0.600. The normalized spacial score (nSPS) is 15.5. The first kappa shape index (κ1) is 25.1. The van der Waals surface area contributed by atoms with Crippen molar-refractivity contribution in [2.45, 2.75) is 57.8 Å². The van der Waals surface area contributed by atoms with Crippen LogP contribution in [0.15, 0.2) is 12.1 Å². The second-order valence-electron chi connectivity index (χ2n) is 9.08. The molecular formula is C25H38N4O4. The van der Waals surface area contributed by atoms with Crippen LogP contribution in [-0.4, -0.2) is 55.2 Å². The SMILES string of the molecule is CCCOC(=O)CCOc1cc(CCCN(C)C)c2c(c1)c1c(n2C)CCC[C@@H]1C(=O)NN. The standard InChI is InChI=1S/C25H38N4O4/c1-5-13-33-22(30)11-14-32-18-15-17(8-7-12-28(2)3)24-20(16-18)23-19(25(31)27-26)9-6-10-21(23)29(24)4/h15-16,19H,5-14,26H2,1-4H3,(H,27,31)/t19-/m0/s1. The van der Waals surface area contributed by atoms with Crippen LogP contribution in [-0.2, 0) is 34.2 Å². The Hall–Kier alpha value is -2.58. The summed E-state index contributed by atoms with van der Waals surface area (Å²) in [6.45, 7) is 3.64. The Morgan fingerprint density at radius 1 is 1.27 bits per heavy atom. The molecule has 8 heteroatoms. The Bertz CT molecular complexity index is 983. The van der Waals surface area contributed by atoms with Crippen LogP contribution in [0.5, 0.6) is 5.75 Å². The molecule has 0 saturated carbocycles. The Morgan fingerprint density at radius 3 is 2.76 bits per heavy atom. The summed E-state index contributed by atoms with van der Waals surface area (Å²) in [6.07, 6.45) is 5.58. The minimum Gasteiger partial charge on any atom is -0.493 e. The molecule has 8 nitrogen and oxygen atoms in total. The number of nitrogens with two attached hydrogens (primary N) is 1. The maximum absolute atomic E-state index is 12.6. The molecule has 3 N–H and O–H groups in total. The third-order valence-electron chi connectivity index (χ3n) is 6.31. The lowest BCUT2D eigenvalue weighted by Gasteiger charge is -2.22. The average Bonchev–Trinajstić information content (AvgIpc) is 3.09. The largest absolute Gasteiger partial charge is 0.493 e. The molecule has 0 aliphatic heterocycles. The lowest BCUT2D eigenvalue weighted by atomic mass is 9.84. The average molecular weight is 459 g/mol. The van der Waals surface area contributed by atoms with Crippen LogP contribution in [0.4, 0.5) is 0 Å². The monoisotopic (exact) mass is 458 g/mol. The van der Waals surface area contributed by atoms with Crippen molar-refractivity contribution < 1.29 is 19.1 Å². The van der Waals surface area contributed by atoms with Crippen LogP contribution in [0.2, 0.25) is 0 Å². The molecule has 1 amide bonds. The number of nitrogens with one attached hydrogen (secondary N) is 1. The maximum atomic E-state index is 12.6. The number of hydrazine groups is 1. The van der Waals surface area contributed by atoms with Gasteiger partial charge >= 0.3 is 5.97 Å². The number of amides is 1. The van der Waals surface area contributed by atoms with Gasteiger partial charge in [-0.2, -0.15) is 0 Å². The van der Waals surface area contributed by atoms with E-state index in [4.69, 9.17) is 15.3 Å². The van der Waals surface area contributed by atoms with Crippen molar-refractivity contribution in [1.29, 1.82) is 0 Å². The topological polar surface area (TPSA) is 98.8 Å². The van der Waals surface area contributed by atoms with E-state index in [0.717, 1.165) is 67.3 Å². The number of carbonyl (C=O) groups is 2. The quantitative estimate of drug-likeness (QED) is 0.233. The second kappa shape index (κ2) is 11.5. The van der Waals surface area contributed by atoms with Crippen LogP contribution < -0.4 is 16.0 Å². The van der Waals surface area contributed by atoms with Crippen LogP contribution in [0, 0.1) is 0 Å². The fourth-order valence-electron chi connectivity index (χ4n) is 4.81. The van der Waals surface area contributed by atoms with Gasteiger partial charge in [-0.05, 0) is 82.4 Å². The van der Waals surface area contributed by atoms with E-state index >= 15 is 0 Å². The molecule has 0 bridgehead atoms. The van der Waals surface area contributed by atoms with Crippen molar-refractivity contribution in [2.75, 3.05) is 33.9 Å². The summed E-state index contributed by atoms with van der Waals surface area (Å²) >= 11 is 0. The molecule has 1 aromatic heterocycles. The van der Waals surface area contributed by atoms with Gasteiger partial charge in [0.05, 0.1) is 31.1 Å². The van der Waals surface area contributed by atoms with E-state index in [-0.39, 0.29) is 30.8 Å². The number of ether oxygens (including phenoxy) is 2. The van der Waals surface area contributed by atoms with Crippen molar-refractivity contribution in [2.24, 2.45) is 12.9 Å². The van der Waals surface area contributed by atoms with Crippen LogP contribution in [0.1, 0.15) is 61.8 Å². The van der Waals surface area contributed by atoms with Gasteiger partial charge in [-0.25, -0.2) is 5.84 Å². The predicted molar refractivity (Wildman–Crippen MR) is 129 cm³/mol. The van der Waals surface area contributed by atoms with E-state index in [1.807, 2.05) is 13.0 Å². The number of aromatic nitrogens is 1. The molecule has 3 rings (SSSR count). The third kappa shape index (κ3) is 5.86. The van der Waals surface area contributed by atoms with E-state index in [1.54, 1.807) is 0 Å². The van der Waals surface area contributed by atoms with Crippen molar-refractivity contribution in [3.8, 4) is 5.75 Å². The maximum Gasteiger partial charge on any atom is 0.309 e. The minimum atomic E-state index is -0.267. The van der Waals surface area contributed by atoms with Gasteiger partial charge in [0.1, 0.15) is 5.75 Å². The van der Waals surface area contributed by atoms with Crippen molar-refractivity contribution in [3.05, 3.63) is 29.0 Å². The number of hydrogen-bond acceptors (Lipinski definition) is 6. The van der Waals surface area contributed by atoms with Crippen LogP contribution >= 0.6 is 0 Å². The van der Waals surface area contributed by atoms with E-state index in [9.17, 15) is 9.59 Å². The van der Waals surface area contributed by atoms with Gasteiger partial charge < -0.3 is 18.9 Å². The third-order valence-corrected chi connectivity index (χ3v) is 6.31. The minimum absolute atomic E-state index is 0.150. The smallest absolute Gasteiger partial charge is 0.309 e. The van der Waals surface area contributed by atoms with Gasteiger partial charge in [-0.1, -0.05) is 6.92 Å². The molecule has 1 atom stereocenters. The highest BCUT2D eigenvalue weighted by Gasteiger charge is 2.32. The first-order valence-corrected chi connectivity index (χ1v) is 11.9. The molecule has 1 aliphatic carbocycles. The first-order valence-electron chi connectivity index (χ1n) is 11.9. The summed E-state index contributed by atoms with van der Waals surface area (Å²) in [7, 11) is 6.23. The first-order chi connectivity index (χ1) is 15.9. The summed E-state index contributed by atoms with van der Waals surface area (Å²) in [5.41, 5.74) is 6.96. The molecule has 1 heterocycles. The zero-order chi connectivity index (χ0) is 24.0. The molecule has 0 fully saturated rings. The molecule has 2 aromatic rings. The van der Waals surface area contributed by atoms with Gasteiger partial charge in [0, 0.05) is 18.1 Å². The van der Waals surface area contributed by atoms with E-state index < -0.39 is 0 Å². The summed E-state index contributed by atoms with van der Waals surface area (Å²) in [6, 6.07) is 4.10. The second-order valence-corrected chi connectivity index (χ2v) is 9.08. The predicted octanol–water partition coefficient (Wildman–Crippen LogP) is 2.80. The lowest BCUT2D eigenvalue weighted by molar-refractivity contribution is -0.144. The molecule has 0 saturated heterocycles. The number of esters is 1. The van der Waals surface area contributed by atoms with Gasteiger partial charge in [0.2, 0.25) is 5.91 Å². The van der Waals surface area contributed by atoms with Gasteiger partial charge in [0.25, 0.3) is 0 Å². The van der Waals surface area contributed by atoms with Crippen molar-refractivity contribution in [1.82, 2.24) is 14.9 Å². The Labute approximate surface area is 196 Å². The molecule has 33 heavy (non-hydrogen) atoms. The molecular weight excluding hydrogens is 420 g/mol. The number of fused-ring (bicyclic) bond motifs is 3. The zero-order valence-electron chi connectivity index (χ0n) is 20.4. The molecule has 0 radical (unpaired) electrons. The summed E-state index contributed by atoms with van der Waals surface area (Å²) in [4.78, 5) is 26.6. The van der Waals surface area contributed by atoms with Crippen LogP contribution in [0.3, 0.4) is 0 Å². The Morgan fingerprint density at radius 2 is 2.06 bits per heavy atom. The number of benzene rings is 1. The number of carbonyl (C=O) groups excluding carboxylic acids is 2. The highest BCUT2D eigenvalue weighted by molar-refractivity contribution is 5.96. The molecule has 0 unspecified atom stereocenters. The van der Waals surface area contributed by atoms with Crippen LogP contribution in [0.25, 0.3) is 10.9 Å². The molecule has 0 spiro atoms. The van der Waals surface area contributed by atoms with E-state index in [1.165, 1.54) is 11.3 Å². The number of nitrogens with zero attached hydrogens (tertiary/aromatic N) is 2. The summed E-state index contributed by atoms with van der Waals surface area (Å²) in [5, 5.41) is 1.05. The van der Waals surface area contributed by atoms with Crippen molar-refractivity contribution in [3.63, 3.8) is 0 Å². The highest BCUT2D eigenvalue weighted by Crippen LogP contribution is 2.41. The number of hydrogen-bond donors (Lipinski definition) is 2. The van der Waals surface area contributed by atoms with Gasteiger partial charge in [0.15, 0.2) is 0 Å². The van der Waals surface area contributed by atoms with Crippen molar-refractivity contribution >= 4 is 22.8 Å². The summed E-state index contributed by atoms with van der Waals surface area (Å²) < 4.78 is 13.4. The molecule has 1 aromatic carbocycles. The van der Waals surface area contributed by atoms with Gasteiger partial charge in [-0.15, -0.1) is 0 Å². The zero-order valence-corrected chi connectivity index (χ0v) is 20.4. The van der Waals surface area contributed by atoms with Gasteiger partial charge in [-0.3, -0.25) is 15.0 Å². The summed E-state index contributed by atoms with van der Waals surface area (Å²) in [5.74, 6) is 5.57. The molecule has 182 valence electrons. The lowest BCUT2D eigenvalue weighted by Crippen LogP contribution is -2.36. The number of aryl methyl sites for hydroxylation is 2. The Kier molecular flexibility index (Phi) is 8.74. The van der Waals surface area contributed by atoms with E-state index in [0.29, 0.717) is 6.61 Å². The number of rotatable bonds is 11. The fourth-order valence-corrected chi connectivity index (χ4v) is 4.81. The molecule has 1 aliphatic rings. The Balaban J connectivity index is 1.96.